The van der Waals surface area contributed by atoms with E-state index in [0.717, 1.165) is 25.3 Å². The van der Waals surface area contributed by atoms with Gasteiger partial charge < -0.3 is 10.1 Å². The molecular weight excluding hydrogens is 220 g/mol. The summed E-state index contributed by atoms with van der Waals surface area (Å²) in [5, 5.41) is 6.95. The zero-order chi connectivity index (χ0) is 11.5. The van der Waals surface area contributed by atoms with Gasteiger partial charge >= 0.3 is 0 Å². The van der Waals surface area contributed by atoms with Gasteiger partial charge in [0.15, 0.2) is 0 Å². The number of aromatic nitrogens is 1. The van der Waals surface area contributed by atoms with Crippen LogP contribution in [0.3, 0.4) is 0 Å². The Kier molecular flexibility index (Phi) is 3.95. The lowest BCUT2D eigenvalue weighted by Gasteiger charge is -2.24. The summed E-state index contributed by atoms with van der Waals surface area (Å²) in [6.45, 7) is 8.18. The van der Waals surface area contributed by atoms with Crippen LogP contribution >= 0.6 is 11.3 Å². The third kappa shape index (κ3) is 2.81. The molecule has 1 aromatic heterocycles. The van der Waals surface area contributed by atoms with E-state index in [2.05, 4.69) is 36.5 Å². The van der Waals surface area contributed by atoms with Crippen molar-refractivity contribution in [2.45, 2.75) is 39.3 Å². The van der Waals surface area contributed by atoms with Crippen LogP contribution in [-0.4, -0.2) is 24.2 Å². The summed E-state index contributed by atoms with van der Waals surface area (Å²) in [4.78, 5) is 4.61. The molecule has 2 rings (SSSR count). The lowest BCUT2D eigenvalue weighted by atomic mass is 9.99. The van der Waals surface area contributed by atoms with Crippen molar-refractivity contribution in [2.75, 3.05) is 13.2 Å². The molecule has 2 unspecified atom stereocenters. The molecule has 90 valence electrons. The first-order valence-electron chi connectivity index (χ1n) is 5.92. The summed E-state index contributed by atoms with van der Waals surface area (Å²) in [6.07, 6.45) is 1.14. The smallest absolute Gasteiger partial charge is 0.110 e. The highest BCUT2D eigenvalue weighted by atomic mass is 32.1. The van der Waals surface area contributed by atoms with Gasteiger partial charge in [-0.3, -0.25) is 0 Å². The van der Waals surface area contributed by atoms with E-state index in [-0.39, 0.29) is 0 Å². The molecule has 16 heavy (non-hydrogen) atoms. The first-order chi connectivity index (χ1) is 7.66. The maximum atomic E-state index is 5.48. The summed E-state index contributed by atoms with van der Waals surface area (Å²) in [5.41, 5.74) is 1.12. The SMILES string of the molecule is Cc1csc(C(NC(C)C)C2CCOC2)n1. The average molecular weight is 240 g/mol. The van der Waals surface area contributed by atoms with Gasteiger partial charge in [-0.1, -0.05) is 13.8 Å². The number of nitrogens with zero attached hydrogens (tertiary/aromatic N) is 1. The minimum Gasteiger partial charge on any atom is -0.381 e. The van der Waals surface area contributed by atoms with Gasteiger partial charge in [0.05, 0.1) is 12.6 Å². The quantitative estimate of drug-likeness (QED) is 0.878. The molecule has 0 aliphatic carbocycles. The van der Waals surface area contributed by atoms with E-state index in [0.29, 0.717) is 18.0 Å². The van der Waals surface area contributed by atoms with Gasteiger partial charge in [-0.2, -0.15) is 0 Å². The Bertz CT molecular complexity index is 332. The number of ether oxygens (including phenoxy) is 1. The van der Waals surface area contributed by atoms with Gasteiger partial charge in [-0.15, -0.1) is 11.3 Å². The molecule has 0 amide bonds. The highest BCUT2D eigenvalue weighted by Crippen LogP contribution is 2.31. The Morgan fingerprint density at radius 2 is 2.38 bits per heavy atom. The van der Waals surface area contributed by atoms with Crippen molar-refractivity contribution in [1.82, 2.24) is 10.3 Å². The van der Waals surface area contributed by atoms with Crippen LogP contribution in [0, 0.1) is 12.8 Å². The first-order valence-corrected chi connectivity index (χ1v) is 6.80. The molecule has 4 heteroatoms. The molecule has 0 bridgehead atoms. The number of nitrogens with one attached hydrogen (secondary N) is 1. The summed E-state index contributed by atoms with van der Waals surface area (Å²) >= 11 is 1.76. The van der Waals surface area contributed by atoms with Crippen molar-refractivity contribution in [3.05, 3.63) is 16.1 Å². The van der Waals surface area contributed by atoms with Gasteiger partial charge in [0.25, 0.3) is 0 Å². The van der Waals surface area contributed by atoms with E-state index in [1.54, 1.807) is 11.3 Å². The third-order valence-corrected chi connectivity index (χ3v) is 3.90. The molecular formula is C12H20N2OS. The Labute approximate surface area is 101 Å². The summed E-state index contributed by atoms with van der Waals surface area (Å²) in [6, 6.07) is 0.844. The zero-order valence-corrected chi connectivity index (χ0v) is 11.0. The molecule has 0 aromatic carbocycles. The van der Waals surface area contributed by atoms with Crippen LogP contribution < -0.4 is 5.32 Å². The first kappa shape index (κ1) is 12.0. The van der Waals surface area contributed by atoms with Gasteiger partial charge in [-0.25, -0.2) is 4.98 Å². The van der Waals surface area contributed by atoms with Crippen molar-refractivity contribution in [2.24, 2.45) is 5.92 Å². The molecule has 1 aromatic rings. The van der Waals surface area contributed by atoms with Gasteiger partial charge in [-0.05, 0) is 13.3 Å². The van der Waals surface area contributed by atoms with E-state index in [4.69, 9.17) is 4.74 Å². The second-order valence-corrected chi connectivity index (χ2v) is 5.64. The Morgan fingerprint density at radius 3 is 2.88 bits per heavy atom. The van der Waals surface area contributed by atoms with Crippen LogP contribution in [0.1, 0.15) is 37.0 Å². The number of hydrogen-bond acceptors (Lipinski definition) is 4. The minimum absolute atomic E-state index is 0.362. The van der Waals surface area contributed by atoms with Gasteiger partial charge in [0, 0.05) is 29.6 Å². The van der Waals surface area contributed by atoms with Crippen molar-refractivity contribution in [3.8, 4) is 0 Å². The van der Waals surface area contributed by atoms with Gasteiger partial charge in [0.1, 0.15) is 5.01 Å². The third-order valence-electron chi connectivity index (χ3n) is 2.85. The normalized spacial score (nSPS) is 22.9. The molecule has 1 N–H and O–H groups in total. The minimum atomic E-state index is 0.362. The molecule has 2 atom stereocenters. The lowest BCUT2D eigenvalue weighted by molar-refractivity contribution is 0.175. The predicted molar refractivity (Wildman–Crippen MR) is 66.8 cm³/mol. The number of rotatable bonds is 4. The number of thiazole rings is 1. The molecule has 0 saturated carbocycles. The molecule has 1 aliphatic heterocycles. The maximum Gasteiger partial charge on any atom is 0.110 e. The van der Waals surface area contributed by atoms with Crippen LogP contribution in [0.25, 0.3) is 0 Å². The van der Waals surface area contributed by atoms with E-state index in [1.807, 2.05) is 0 Å². The fraction of sp³-hybridized carbons (Fsp3) is 0.750. The molecule has 1 fully saturated rings. The summed E-state index contributed by atoms with van der Waals surface area (Å²) in [5.74, 6) is 0.577. The van der Waals surface area contributed by atoms with E-state index >= 15 is 0 Å². The highest BCUT2D eigenvalue weighted by molar-refractivity contribution is 7.09. The number of hydrogen-bond donors (Lipinski definition) is 1. The van der Waals surface area contributed by atoms with Gasteiger partial charge in [0.2, 0.25) is 0 Å². The lowest BCUT2D eigenvalue weighted by Crippen LogP contribution is -2.33. The van der Waals surface area contributed by atoms with Crippen LogP contribution in [0.5, 0.6) is 0 Å². The molecule has 0 spiro atoms. The fourth-order valence-electron chi connectivity index (χ4n) is 2.10. The van der Waals surface area contributed by atoms with Crippen molar-refractivity contribution in [1.29, 1.82) is 0 Å². The average Bonchev–Trinajstić information content (AvgIpc) is 2.84. The van der Waals surface area contributed by atoms with E-state index < -0.39 is 0 Å². The topological polar surface area (TPSA) is 34.1 Å². The van der Waals surface area contributed by atoms with Crippen LogP contribution in [0.15, 0.2) is 5.38 Å². The largest absolute Gasteiger partial charge is 0.381 e. The zero-order valence-electron chi connectivity index (χ0n) is 10.2. The molecule has 0 radical (unpaired) electrons. The van der Waals surface area contributed by atoms with Crippen molar-refractivity contribution in [3.63, 3.8) is 0 Å². The Hall–Kier alpha value is -0.450. The standard InChI is InChI=1S/C12H20N2OS/c1-8(2)13-11(10-4-5-15-6-10)12-14-9(3)7-16-12/h7-8,10-11,13H,4-6H2,1-3H3. The molecule has 1 aliphatic rings. The molecule has 2 heterocycles. The second kappa shape index (κ2) is 5.25. The van der Waals surface area contributed by atoms with E-state index in [1.165, 1.54) is 5.01 Å². The Morgan fingerprint density at radius 1 is 1.56 bits per heavy atom. The Balaban J connectivity index is 2.13. The predicted octanol–water partition coefficient (Wildman–Crippen LogP) is 2.53. The summed E-state index contributed by atoms with van der Waals surface area (Å²) in [7, 11) is 0. The maximum absolute atomic E-state index is 5.48. The molecule has 3 nitrogen and oxygen atoms in total. The molecule has 1 saturated heterocycles. The second-order valence-electron chi connectivity index (χ2n) is 4.75. The van der Waals surface area contributed by atoms with Crippen LogP contribution in [0.4, 0.5) is 0 Å². The van der Waals surface area contributed by atoms with Crippen LogP contribution in [0.2, 0.25) is 0 Å². The van der Waals surface area contributed by atoms with Crippen molar-refractivity contribution < 1.29 is 4.74 Å². The highest BCUT2D eigenvalue weighted by Gasteiger charge is 2.29. The van der Waals surface area contributed by atoms with Crippen LogP contribution in [-0.2, 0) is 4.74 Å². The van der Waals surface area contributed by atoms with Crippen molar-refractivity contribution >= 4 is 11.3 Å². The van der Waals surface area contributed by atoms with E-state index in [9.17, 15) is 0 Å². The summed E-state index contributed by atoms with van der Waals surface area (Å²) < 4.78 is 5.48. The monoisotopic (exact) mass is 240 g/mol. The number of aryl methyl sites for hydroxylation is 1. The fourth-order valence-corrected chi connectivity index (χ4v) is 3.05.